The van der Waals surface area contributed by atoms with Crippen LogP contribution < -0.4 is 15.0 Å². The van der Waals surface area contributed by atoms with Crippen molar-refractivity contribution in [2.24, 2.45) is 0 Å². The predicted octanol–water partition coefficient (Wildman–Crippen LogP) is 7.18. The van der Waals surface area contributed by atoms with Gasteiger partial charge in [0.2, 0.25) is 5.88 Å². The number of nitrogens with zero attached hydrogens (tertiary/aromatic N) is 5. The maximum Gasteiger partial charge on any atom is 0.435 e. The molecule has 1 aromatic heterocycles. The van der Waals surface area contributed by atoms with E-state index in [9.17, 15) is 22.8 Å². The Labute approximate surface area is 292 Å². The standard InChI is InChI=1S/C37H37F5N6O3/c1-2-46-20-22-47(23-21-46)31-13-10-27(24-30(31)43-35(50)36(38,39)28-6-4-3-5-7-28)34(49)48-18-16-26(17-19-48)25-8-11-29(12-9-25)51-33-15-14-32(44-45-33)37(40,41)42/h3-15,24,26H,2,16-23H2,1H3,(H,43,50). The van der Waals surface area contributed by atoms with E-state index in [4.69, 9.17) is 4.74 Å². The minimum absolute atomic E-state index is 0.0673. The zero-order chi connectivity index (χ0) is 36.2. The summed E-state index contributed by atoms with van der Waals surface area (Å²) in [6.45, 7) is 6.73. The number of benzene rings is 3. The van der Waals surface area contributed by atoms with E-state index in [2.05, 4.69) is 27.3 Å². The summed E-state index contributed by atoms with van der Waals surface area (Å²) in [5.41, 5.74) is 0.512. The van der Waals surface area contributed by atoms with Crippen LogP contribution in [0.2, 0.25) is 0 Å². The normalized spacial score (nSPS) is 16.2. The first-order valence-electron chi connectivity index (χ1n) is 16.8. The van der Waals surface area contributed by atoms with Crippen molar-refractivity contribution < 1.29 is 36.3 Å². The van der Waals surface area contributed by atoms with Crippen molar-refractivity contribution in [2.45, 2.75) is 37.8 Å². The van der Waals surface area contributed by atoms with E-state index in [1.807, 2.05) is 17.0 Å². The smallest absolute Gasteiger partial charge is 0.435 e. The Morgan fingerprint density at radius 1 is 0.824 bits per heavy atom. The second-order valence-corrected chi connectivity index (χ2v) is 12.5. The van der Waals surface area contributed by atoms with Gasteiger partial charge in [0.15, 0.2) is 5.69 Å². The number of piperidine rings is 1. The van der Waals surface area contributed by atoms with Gasteiger partial charge in [0.1, 0.15) is 5.75 Å². The fourth-order valence-electron chi connectivity index (χ4n) is 6.38. The highest BCUT2D eigenvalue weighted by atomic mass is 19.4. The van der Waals surface area contributed by atoms with E-state index in [-0.39, 0.29) is 29.0 Å². The van der Waals surface area contributed by atoms with Gasteiger partial charge in [-0.05, 0) is 67.3 Å². The highest BCUT2D eigenvalue weighted by Gasteiger charge is 2.41. The molecule has 3 heterocycles. The first kappa shape index (κ1) is 35.7. The number of carbonyl (C=O) groups is 2. The highest BCUT2D eigenvalue weighted by Crippen LogP contribution is 2.35. The topological polar surface area (TPSA) is 90.9 Å². The van der Waals surface area contributed by atoms with Gasteiger partial charge in [-0.25, -0.2) is 0 Å². The third-order valence-corrected chi connectivity index (χ3v) is 9.36. The second-order valence-electron chi connectivity index (χ2n) is 12.5. The van der Waals surface area contributed by atoms with Crippen LogP contribution in [0.25, 0.3) is 0 Å². The summed E-state index contributed by atoms with van der Waals surface area (Å²) in [4.78, 5) is 32.8. The number of likely N-dealkylation sites (N-methyl/N-ethyl adjacent to an activating group) is 1. The van der Waals surface area contributed by atoms with Crippen molar-refractivity contribution in [3.05, 3.63) is 107 Å². The van der Waals surface area contributed by atoms with Crippen LogP contribution in [0.4, 0.5) is 33.3 Å². The van der Waals surface area contributed by atoms with Crippen LogP contribution in [0, 0.1) is 0 Å². The molecule has 1 N–H and O–H groups in total. The molecule has 0 spiro atoms. The molecule has 2 fully saturated rings. The molecule has 6 rings (SSSR count). The van der Waals surface area contributed by atoms with E-state index in [0.717, 1.165) is 37.3 Å². The fraction of sp³-hybridized carbons (Fsp3) is 0.351. The Morgan fingerprint density at radius 3 is 2.12 bits per heavy atom. The Kier molecular flexibility index (Phi) is 10.5. The van der Waals surface area contributed by atoms with Crippen molar-refractivity contribution in [2.75, 3.05) is 56.0 Å². The first-order chi connectivity index (χ1) is 24.4. The number of hydrogen-bond acceptors (Lipinski definition) is 7. The monoisotopic (exact) mass is 708 g/mol. The average molecular weight is 709 g/mol. The van der Waals surface area contributed by atoms with Gasteiger partial charge in [-0.2, -0.15) is 22.0 Å². The zero-order valence-corrected chi connectivity index (χ0v) is 27.9. The summed E-state index contributed by atoms with van der Waals surface area (Å²) >= 11 is 0. The number of ether oxygens (including phenoxy) is 1. The molecule has 2 aliphatic rings. The van der Waals surface area contributed by atoms with Gasteiger partial charge in [-0.1, -0.05) is 49.4 Å². The van der Waals surface area contributed by atoms with Crippen molar-refractivity contribution >= 4 is 23.2 Å². The summed E-state index contributed by atoms with van der Waals surface area (Å²) in [7, 11) is 0. The minimum atomic E-state index is -4.59. The Balaban J connectivity index is 1.12. The summed E-state index contributed by atoms with van der Waals surface area (Å²) in [6.07, 6.45) is -3.25. The molecular weight excluding hydrogens is 671 g/mol. The van der Waals surface area contributed by atoms with Crippen molar-refractivity contribution in [3.63, 3.8) is 0 Å². The maximum atomic E-state index is 15.2. The molecule has 2 aliphatic heterocycles. The molecule has 0 unspecified atom stereocenters. The number of alkyl halides is 5. The van der Waals surface area contributed by atoms with E-state index < -0.39 is 29.3 Å². The summed E-state index contributed by atoms with van der Waals surface area (Å²) < 4.78 is 74.3. The van der Waals surface area contributed by atoms with Crippen LogP contribution in [0.5, 0.6) is 11.6 Å². The lowest BCUT2D eigenvalue weighted by Crippen LogP contribution is -2.46. The number of aromatic nitrogens is 2. The zero-order valence-electron chi connectivity index (χ0n) is 27.9. The Bertz CT molecular complexity index is 1810. The number of nitrogens with one attached hydrogen (secondary N) is 1. The van der Waals surface area contributed by atoms with Gasteiger partial charge in [-0.3, -0.25) is 9.59 Å². The van der Waals surface area contributed by atoms with E-state index in [0.29, 0.717) is 50.5 Å². The highest BCUT2D eigenvalue weighted by molar-refractivity contribution is 6.02. The molecule has 0 radical (unpaired) electrons. The molecule has 51 heavy (non-hydrogen) atoms. The summed E-state index contributed by atoms with van der Waals surface area (Å²) in [5, 5.41) is 9.11. The van der Waals surface area contributed by atoms with Gasteiger partial charge in [0, 0.05) is 56.5 Å². The number of likely N-dealkylation sites (tertiary alicyclic amines) is 1. The van der Waals surface area contributed by atoms with Crippen LogP contribution in [-0.2, 0) is 16.9 Å². The SMILES string of the molecule is CCN1CCN(c2ccc(C(=O)N3CCC(c4ccc(Oc5ccc(C(F)(F)F)nn5)cc4)CC3)cc2NC(=O)C(F)(F)c2ccccc2)CC1. The molecule has 14 heteroatoms. The number of amides is 2. The lowest BCUT2D eigenvalue weighted by Gasteiger charge is -2.37. The summed E-state index contributed by atoms with van der Waals surface area (Å²) in [5.74, 6) is -5.06. The van der Waals surface area contributed by atoms with Crippen LogP contribution in [0.3, 0.4) is 0 Å². The first-order valence-corrected chi connectivity index (χ1v) is 16.8. The summed E-state index contributed by atoms with van der Waals surface area (Å²) in [6, 6.07) is 20.8. The molecule has 0 atom stereocenters. The van der Waals surface area contributed by atoms with Crippen LogP contribution in [0.1, 0.15) is 52.9 Å². The molecule has 4 aromatic rings. The number of halogens is 5. The molecule has 0 bridgehead atoms. The van der Waals surface area contributed by atoms with Crippen LogP contribution in [-0.4, -0.2) is 77.6 Å². The number of carbonyl (C=O) groups excluding carboxylic acids is 2. The number of anilines is 2. The molecule has 0 aliphatic carbocycles. The van der Waals surface area contributed by atoms with E-state index >= 15 is 8.78 Å². The van der Waals surface area contributed by atoms with Crippen LogP contribution >= 0.6 is 0 Å². The lowest BCUT2D eigenvalue weighted by molar-refractivity contribution is -0.142. The molecule has 0 saturated carbocycles. The number of hydrogen-bond donors (Lipinski definition) is 1. The minimum Gasteiger partial charge on any atom is -0.438 e. The molecule has 3 aromatic carbocycles. The Hall–Kier alpha value is -5.11. The number of piperazine rings is 1. The third-order valence-electron chi connectivity index (χ3n) is 9.36. The quantitative estimate of drug-likeness (QED) is 0.184. The van der Waals surface area contributed by atoms with Crippen molar-refractivity contribution in [1.82, 2.24) is 20.0 Å². The van der Waals surface area contributed by atoms with E-state index in [1.165, 1.54) is 30.3 Å². The molecule has 2 amide bonds. The average Bonchev–Trinajstić information content (AvgIpc) is 3.15. The maximum absolute atomic E-state index is 15.2. The van der Waals surface area contributed by atoms with Crippen molar-refractivity contribution in [3.8, 4) is 11.6 Å². The van der Waals surface area contributed by atoms with E-state index in [1.54, 1.807) is 35.2 Å². The molecule has 9 nitrogen and oxygen atoms in total. The van der Waals surface area contributed by atoms with Gasteiger partial charge in [0.05, 0.1) is 11.4 Å². The van der Waals surface area contributed by atoms with Gasteiger partial charge < -0.3 is 24.8 Å². The largest absolute Gasteiger partial charge is 0.438 e. The van der Waals surface area contributed by atoms with Gasteiger partial charge in [0.25, 0.3) is 11.8 Å². The lowest BCUT2D eigenvalue weighted by atomic mass is 9.89. The Morgan fingerprint density at radius 2 is 1.51 bits per heavy atom. The van der Waals surface area contributed by atoms with Gasteiger partial charge >= 0.3 is 12.1 Å². The molecule has 268 valence electrons. The predicted molar refractivity (Wildman–Crippen MR) is 181 cm³/mol. The fourth-order valence-corrected chi connectivity index (χ4v) is 6.38. The number of rotatable bonds is 9. The second kappa shape index (κ2) is 15.0. The van der Waals surface area contributed by atoms with Crippen molar-refractivity contribution in [1.29, 1.82) is 0 Å². The molecule has 2 saturated heterocycles. The van der Waals surface area contributed by atoms with Crippen LogP contribution in [0.15, 0.2) is 84.9 Å². The molecular formula is C37H37F5N6O3. The third kappa shape index (κ3) is 8.28. The van der Waals surface area contributed by atoms with Gasteiger partial charge in [-0.15, -0.1) is 10.2 Å².